The number of sulfonamides is 1. The standard InChI is InChI=1S/C24H24FN3O5S2/c1-34(30,31)23-8-3-2-7-19(23)17-9-10-22(20(25)14-17)28-12-11-21(24(28)29)27-35(32,33)18-6-4-5-16(13-18)15-26/h2-10,13-14,21,27H,11-12,15,26H2,1H3/t21-/m0/s1. The summed E-state index contributed by atoms with van der Waals surface area (Å²) >= 11 is 0. The minimum absolute atomic E-state index is 0.00762. The topological polar surface area (TPSA) is 127 Å². The minimum Gasteiger partial charge on any atom is -0.326 e. The predicted molar refractivity (Wildman–Crippen MR) is 130 cm³/mol. The van der Waals surface area contributed by atoms with E-state index in [0.717, 1.165) is 6.26 Å². The van der Waals surface area contributed by atoms with Crippen LogP contribution in [0.15, 0.2) is 76.5 Å². The molecule has 0 aliphatic carbocycles. The highest BCUT2D eigenvalue weighted by molar-refractivity contribution is 7.91. The Kier molecular flexibility index (Phi) is 6.78. The molecular weight excluding hydrogens is 493 g/mol. The molecule has 184 valence electrons. The first-order valence-electron chi connectivity index (χ1n) is 10.7. The molecule has 3 N–H and O–H groups in total. The molecule has 1 atom stereocenters. The Labute approximate surface area is 203 Å². The zero-order chi connectivity index (χ0) is 25.4. The normalized spacial score (nSPS) is 16.6. The number of nitrogens with zero attached hydrogens (tertiary/aromatic N) is 1. The fraction of sp³-hybridized carbons (Fsp3) is 0.208. The number of carbonyl (C=O) groups excluding carboxylic acids is 1. The molecule has 11 heteroatoms. The minimum atomic E-state index is -3.99. The molecule has 3 aromatic carbocycles. The number of nitrogens with two attached hydrogens (primary N) is 1. The van der Waals surface area contributed by atoms with Gasteiger partial charge in [-0.2, -0.15) is 4.72 Å². The van der Waals surface area contributed by atoms with Crippen molar-refractivity contribution in [2.75, 3.05) is 17.7 Å². The summed E-state index contributed by atoms with van der Waals surface area (Å²) in [6, 6.07) is 15.4. The third kappa shape index (κ3) is 5.13. The highest BCUT2D eigenvalue weighted by atomic mass is 32.2. The Morgan fingerprint density at radius 3 is 2.46 bits per heavy atom. The fourth-order valence-electron chi connectivity index (χ4n) is 4.05. The van der Waals surface area contributed by atoms with E-state index in [1.807, 2.05) is 0 Å². The first kappa shape index (κ1) is 25.0. The number of halogens is 1. The van der Waals surface area contributed by atoms with E-state index in [1.54, 1.807) is 30.3 Å². The first-order valence-corrected chi connectivity index (χ1v) is 14.1. The number of anilines is 1. The van der Waals surface area contributed by atoms with E-state index >= 15 is 4.39 Å². The van der Waals surface area contributed by atoms with Crippen molar-refractivity contribution in [1.29, 1.82) is 0 Å². The van der Waals surface area contributed by atoms with Gasteiger partial charge in [-0.3, -0.25) is 4.79 Å². The van der Waals surface area contributed by atoms with Crippen molar-refractivity contribution in [2.45, 2.75) is 28.8 Å². The second kappa shape index (κ2) is 9.50. The smallest absolute Gasteiger partial charge is 0.245 e. The van der Waals surface area contributed by atoms with Gasteiger partial charge in [-0.25, -0.2) is 21.2 Å². The highest BCUT2D eigenvalue weighted by Gasteiger charge is 2.36. The van der Waals surface area contributed by atoms with Gasteiger partial charge in [0, 0.05) is 24.9 Å². The van der Waals surface area contributed by atoms with Gasteiger partial charge in [0.15, 0.2) is 9.84 Å². The van der Waals surface area contributed by atoms with E-state index < -0.39 is 37.6 Å². The maximum Gasteiger partial charge on any atom is 0.245 e. The van der Waals surface area contributed by atoms with Crippen molar-refractivity contribution < 1.29 is 26.0 Å². The zero-order valence-electron chi connectivity index (χ0n) is 18.8. The van der Waals surface area contributed by atoms with Gasteiger partial charge in [-0.05, 0) is 47.9 Å². The Balaban J connectivity index is 1.57. The maximum absolute atomic E-state index is 15.1. The molecule has 1 heterocycles. The number of hydrogen-bond acceptors (Lipinski definition) is 6. The molecule has 0 radical (unpaired) electrons. The zero-order valence-corrected chi connectivity index (χ0v) is 20.4. The molecule has 8 nitrogen and oxygen atoms in total. The van der Waals surface area contributed by atoms with Crippen LogP contribution in [-0.4, -0.2) is 41.6 Å². The van der Waals surface area contributed by atoms with Crippen LogP contribution >= 0.6 is 0 Å². The van der Waals surface area contributed by atoms with Crippen LogP contribution in [0, 0.1) is 5.82 Å². The lowest BCUT2D eigenvalue weighted by Gasteiger charge is -2.19. The van der Waals surface area contributed by atoms with Crippen LogP contribution in [0.2, 0.25) is 0 Å². The molecule has 4 rings (SSSR count). The largest absolute Gasteiger partial charge is 0.326 e. The maximum atomic E-state index is 15.1. The van der Waals surface area contributed by atoms with Crippen LogP contribution < -0.4 is 15.4 Å². The Morgan fingerprint density at radius 2 is 1.77 bits per heavy atom. The van der Waals surface area contributed by atoms with E-state index in [0.29, 0.717) is 16.7 Å². The summed E-state index contributed by atoms with van der Waals surface area (Å²) in [5.41, 5.74) is 6.89. The lowest BCUT2D eigenvalue weighted by atomic mass is 10.0. The van der Waals surface area contributed by atoms with Crippen molar-refractivity contribution in [2.24, 2.45) is 5.73 Å². The van der Waals surface area contributed by atoms with E-state index in [4.69, 9.17) is 5.73 Å². The summed E-state index contributed by atoms with van der Waals surface area (Å²) in [5, 5.41) is 0. The van der Waals surface area contributed by atoms with Crippen LogP contribution in [-0.2, 0) is 31.2 Å². The molecule has 3 aromatic rings. The highest BCUT2D eigenvalue weighted by Crippen LogP contribution is 2.32. The number of rotatable bonds is 7. The van der Waals surface area contributed by atoms with Gasteiger partial charge in [0.2, 0.25) is 15.9 Å². The lowest BCUT2D eigenvalue weighted by Crippen LogP contribution is -2.41. The van der Waals surface area contributed by atoms with Crippen molar-refractivity contribution in [3.63, 3.8) is 0 Å². The van der Waals surface area contributed by atoms with Gasteiger partial charge in [-0.15, -0.1) is 0 Å². The summed E-state index contributed by atoms with van der Waals surface area (Å²) in [4.78, 5) is 14.2. The molecule has 1 aliphatic rings. The first-order chi connectivity index (χ1) is 16.5. The van der Waals surface area contributed by atoms with Crippen molar-refractivity contribution in [1.82, 2.24) is 4.72 Å². The molecule has 0 spiro atoms. The summed E-state index contributed by atoms with van der Waals surface area (Å²) in [6.45, 7) is 0.286. The third-order valence-electron chi connectivity index (χ3n) is 5.78. The second-order valence-electron chi connectivity index (χ2n) is 8.24. The average molecular weight is 518 g/mol. The van der Waals surface area contributed by atoms with Crippen LogP contribution in [0.25, 0.3) is 11.1 Å². The summed E-state index contributed by atoms with van der Waals surface area (Å²) in [6.07, 6.45) is 1.24. The monoisotopic (exact) mass is 517 g/mol. The number of amides is 1. The molecular formula is C24H24FN3O5S2. The summed E-state index contributed by atoms with van der Waals surface area (Å²) < 4.78 is 67.3. The van der Waals surface area contributed by atoms with Gasteiger partial charge < -0.3 is 10.6 Å². The predicted octanol–water partition coefficient (Wildman–Crippen LogP) is 2.44. The second-order valence-corrected chi connectivity index (χ2v) is 11.9. The van der Waals surface area contributed by atoms with Gasteiger partial charge in [0.05, 0.1) is 15.5 Å². The summed E-state index contributed by atoms with van der Waals surface area (Å²) in [7, 11) is -7.53. The Bertz CT molecular complexity index is 1510. The van der Waals surface area contributed by atoms with E-state index in [-0.39, 0.29) is 35.0 Å². The molecule has 1 amide bonds. The summed E-state index contributed by atoms with van der Waals surface area (Å²) in [5.74, 6) is -1.30. The number of carbonyl (C=O) groups is 1. The SMILES string of the molecule is CS(=O)(=O)c1ccccc1-c1ccc(N2CC[C@H](NS(=O)(=O)c3cccc(CN)c3)C2=O)c(F)c1. The van der Waals surface area contributed by atoms with Crippen molar-refractivity contribution >= 4 is 31.5 Å². The molecule has 0 bridgehead atoms. The van der Waals surface area contributed by atoms with E-state index in [2.05, 4.69) is 4.72 Å². The molecule has 1 aliphatic heterocycles. The fourth-order valence-corrected chi connectivity index (χ4v) is 6.25. The quantitative estimate of drug-likeness (QED) is 0.496. The molecule has 1 fully saturated rings. The Morgan fingerprint density at radius 1 is 1.03 bits per heavy atom. The van der Waals surface area contributed by atoms with Gasteiger partial charge in [0.25, 0.3) is 0 Å². The Hall–Kier alpha value is -3.12. The van der Waals surface area contributed by atoms with Crippen LogP contribution in [0.3, 0.4) is 0 Å². The van der Waals surface area contributed by atoms with Gasteiger partial charge >= 0.3 is 0 Å². The van der Waals surface area contributed by atoms with Crippen molar-refractivity contribution in [3.05, 3.63) is 78.1 Å². The van der Waals surface area contributed by atoms with Gasteiger partial charge in [-0.1, -0.05) is 36.4 Å². The molecule has 0 unspecified atom stereocenters. The number of nitrogens with one attached hydrogen (secondary N) is 1. The third-order valence-corrected chi connectivity index (χ3v) is 8.41. The van der Waals surface area contributed by atoms with Crippen molar-refractivity contribution in [3.8, 4) is 11.1 Å². The molecule has 0 aromatic heterocycles. The molecule has 0 saturated carbocycles. The van der Waals surface area contributed by atoms with Crippen LogP contribution in [0.1, 0.15) is 12.0 Å². The van der Waals surface area contributed by atoms with Gasteiger partial charge in [0.1, 0.15) is 11.9 Å². The molecule has 35 heavy (non-hydrogen) atoms. The number of hydrogen-bond donors (Lipinski definition) is 2. The van der Waals surface area contributed by atoms with E-state index in [9.17, 15) is 21.6 Å². The lowest BCUT2D eigenvalue weighted by molar-refractivity contribution is -0.118. The molecule has 1 saturated heterocycles. The number of benzene rings is 3. The van der Waals surface area contributed by atoms with E-state index in [1.165, 1.54) is 41.3 Å². The average Bonchev–Trinajstić information content (AvgIpc) is 3.17. The van der Waals surface area contributed by atoms with Crippen LogP contribution in [0.4, 0.5) is 10.1 Å². The number of sulfone groups is 1. The van der Waals surface area contributed by atoms with Crippen LogP contribution in [0.5, 0.6) is 0 Å².